The maximum absolute atomic E-state index is 14.3. The highest BCUT2D eigenvalue weighted by Gasteiger charge is 2.86. The molecule has 4 saturated carbocycles. The van der Waals surface area contributed by atoms with Crippen LogP contribution in [-0.2, 0) is 47.7 Å². The summed E-state index contributed by atoms with van der Waals surface area (Å²) in [6.07, 6.45) is -2.79. The van der Waals surface area contributed by atoms with Gasteiger partial charge < -0.3 is 23.7 Å². The molecule has 6 aliphatic rings. The molecule has 208 valence electrons. The molecule has 2 heterocycles. The molecular weight excluding hydrogens is 496 g/mol. The van der Waals surface area contributed by atoms with Crippen molar-refractivity contribution in [2.24, 2.45) is 34.0 Å². The van der Waals surface area contributed by atoms with E-state index in [4.69, 9.17) is 23.7 Å². The fourth-order valence-corrected chi connectivity index (χ4v) is 9.04. The van der Waals surface area contributed by atoms with Gasteiger partial charge in [-0.15, -0.1) is 0 Å². The van der Waals surface area contributed by atoms with Crippen LogP contribution in [0.25, 0.3) is 0 Å². The van der Waals surface area contributed by atoms with E-state index in [9.17, 15) is 24.0 Å². The second-order valence-corrected chi connectivity index (χ2v) is 12.3. The minimum Gasteiger partial charge on any atom is -0.462 e. The fraction of sp³-hybridized carbons (Fsp3) is 0.750. The summed E-state index contributed by atoms with van der Waals surface area (Å²) >= 11 is 0. The minimum absolute atomic E-state index is 0.190. The molecular formula is C28H36O10. The molecule has 0 amide bonds. The van der Waals surface area contributed by atoms with Crippen LogP contribution in [0.15, 0.2) is 12.2 Å². The van der Waals surface area contributed by atoms with Gasteiger partial charge in [-0.1, -0.05) is 20.4 Å². The Hall–Kier alpha value is -2.75. The van der Waals surface area contributed by atoms with Gasteiger partial charge in [-0.25, -0.2) is 0 Å². The lowest BCUT2D eigenvalue weighted by Crippen LogP contribution is -2.81. The topological polar surface area (TPSA) is 132 Å². The van der Waals surface area contributed by atoms with Gasteiger partial charge in [0.05, 0.1) is 11.5 Å². The monoisotopic (exact) mass is 532 g/mol. The van der Waals surface area contributed by atoms with Crippen molar-refractivity contribution in [3.63, 3.8) is 0 Å². The summed E-state index contributed by atoms with van der Waals surface area (Å²) in [5.41, 5.74) is -2.73. The third kappa shape index (κ3) is 3.37. The Bertz CT molecular complexity index is 1100. The molecule has 0 radical (unpaired) electrons. The van der Waals surface area contributed by atoms with Crippen LogP contribution in [0.5, 0.6) is 0 Å². The molecule has 0 aromatic rings. The van der Waals surface area contributed by atoms with Gasteiger partial charge in [0.2, 0.25) is 6.29 Å². The standard InChI is InChI=1S/C28H36O10/c1-12-17-10-18(34-13(2)29)22-27-19(26(6,7)9-8-20(27)35-14(3)30)11-21(38-25(27)37-16(5)32)28(22,23(12)33)24(17)36-15(4)31/h17-22,24-25H,1,8-11H2,2-7H3/t17-,18-,19+,20+,21-,22-,24+,25+,27+,28+/m0/s1. The molecule has 4 aliphatic carbocycles. The van der Waals surface area contributed by atoms with Gasteiger partial charge in [0.1, 0.15) is 23.7 Å². The summed E-state index contributed by atoms with van der Waals surface area (Å²) in [4.78, 5) is 64.0. The molecule has 2 spiro atoms. The lowest BCUT2D eigenvalue weighted by Gasteiger charge is -2.73. The van der Waals surface area contributed by atoms with Gasteiger partial charge in [-0.05, 0) is 42.6 Å². The lowest BCUT2D eigenvalue weighted by atomic mass is 9.36. The number of Topliss-reactive ketones (excluding diaryl/α,β-unsaturated/α-hetero) is 1. The third-order valence-corrected chi connectivity index (χ3v) is 9.91. The number of ether oxygens (including phenoxy) is 5. The smallest absolute Gasteiger partial charge is 0.304 e. The van der Waals surface area contributed by atoms with Crippen LogP contribution in [0.2, 0.25) is 0 Å². The van der Waals surface area contributed by atoms with Crippen LogP contribution in [0, 0.1) is 34.0 Å². The first-order chi connectivity index (χ1) is 17.7. The van der Waals surface area contributed by atoms with Crippen LogP contribution in [-0.4, -0.2) is 60.4 Å². The second kappa shape index (κ2) is 8.63. The molecule has 2 saturated heterocycles. The van der Waals surface area contributed by atoms with Crippen molar-refractivity contribution < 1.29 is 47.7 Å². The Morgan fingerprint density at radius 2 is 1.50 bits per heavy atom. The van der Waals surface area contributed by atoms with E-state index in [1.165, 1.54) is 27.7 Å². The lowest BCUT2D eigenvalue weighted by molar-refractivity contribution is -0.410. The zero-order valence-electron chi connectivity index (χ0n) is 22.7. The Balaban J connectivity index is 1.83. The molecule has 38 heavy (non-hydrogen) atoms. The number of hydrogen-bond donors (Lipinski definition) is 0. The summed E-state index contributed by atoms with van der Waals surface area (Å²) in [5, 5.41) is 0. The number of fused-ring (bicyclic) bond motifs is 2. The largest absolute Gasteiger partial charge is 0.462 e. The van der Waals surface area contributed by atoms with Crippen molar-refractivity contribution >= 4 is 29.7 Å². The molecule has 6 rings (SSSR count). The average molecular weight is 533 g/mol. The Kier molecular flexibility index (Phi) is 6.09. The van der Waals surface area contributed by atoms with Crippen molar-refractivity contribution in [3.05, 3.63) is 12.2 Å². The summed E-state index contributed by atoms with van der Waals surface area (Å²) in [6, 6.07) is 0. The maximum Gasteiger partial charge on any atom is 0.304 e. The molecule has 0 unspecified atom stereocenters. The fourth-order valence-electron chi connectivity index (χ4n) is 9.04. The van der Waals surface area contributed by atoms with Gasteiger partial charge in [-0.3, -0.25) is 24.0 Å². The Morgan fingerprint density at radius 1 is 0.895 bits per heavy atom. The predicted molar refractivity (Wildman–Crippen MR) is 129 cm³/mol. The summed E-state index contributed by atoms with van der Waals surface area (Å²) in [5.74, 6) is -4.14. The minimum atomic E-state index is -1.44. The normalized spacial score (nSPS) is 43.9. The molecule has 2 aliphatic heterocycles. The zero-order valence-corrected chi connectivity index (χ0v) is 22.7. The molecule has 0 aromatic carbocycles. The van der Waals surface area contributed by atoms with Crippen LogP contribution < -0.4 is 0 Å². The predicted octanol–water partition coefficient (Wildman–Crippen LogP) is 2.66. The van der Waals surface area contributed by atoms with E-state index in [0.29, 0.717) is 24.8 Å². The number of carbonyl (C=O) groups is 5. The van der Waals surface area contributed by atoms with E-state index < -0.39 is 77.2 Å². The van der Waals surface area contributed by atoms with E-state index in [2.05, 4.69) is 20.4 Å². The quantitative estimate of drug-likeness (QED) is 0.302. The van der Waals surface area contributed by atoms with Crippen molar-refractivity contribution in [1.82, 2.24) is 0 Å². The average Bonchev–Trinajstić information content (AvgIpc) is 2.90. The van der Waals surface area contributed by atoms with Gasteiger partial charge in [0.15, 0.2) is 5.78 Å². The summed E-state index contributed by atoms with van der Waals surface area (Å²) in [6.45, 7) is 13.4. The first-order valence-electron chi connectivity index (χ1n) is 13.3. The van der Waals surface area contributed by atoms with E-state index in [1.54, 1.807) is 0 Å². The van der Waals surface area contributed by atoms with Crippen LogP contribution in [0.3, 0.4) is 0 Å². The van der Waals surface area contributed by atoms with Gasteiger partial charge in [0, 0.05) is 39.5 Å². The van der Waals surface area contributed by atoms with Crippen molar-refractivity contribution in [3.8, 4) is 0 Å². The van der Waals surface area contributed by atoms with Crippen molar-refractivity contribution in [2.75, 3.05) is 0 Å². The Morgan fingerprint density at radius 3 is 2.08 bits per heavy atom. The maximum atomic E-state index is 14.3. The van der Waals surface area contributed by atoms with Crippen LogP contribution in [0.4, 0.5) is 0 Å². The van der Waals surface area contributed by atoms with Crippen LogP contribution >= 0.6 is 0 Å². The van der Waals surface area contributed by atoms with E-state index >= 15 is 0 Å². The highest BCUT2D eigenvalue weighted by atomic mass is 16.7. The van der Waals surface area contributed by atoms with E-state index in [-0.39, 0.29) is 23.5 Å². The number of rotatable bonds is 4. The number of ketones is 1. The highest BCUT2D eigenvalue weighted by Crippen LogP contribution is 2.76. The van der Waals surface area contributed by atoms with Crippen LogP contribution in [0.1, 0.15) is 67.2 Å². The van der Waals surface area contributed by atoms with Gasteiger partial charge in [-0.2, -0.15) is 0 Å². The molecule has 6 fully saturated rings. The zero-order chi connectivity index (χ0) is 27.9. The molecule has 10 nitrogen and oxygen atoms in total. The number of hydrogen-bond acceptors (Lipinski definition) is 10. The van der Waals surface area contributed by atoms with E-state index in [1.807, 2.05) is 0 Å². The van der Waals surface area contributed by atoms with E-state index in [0.717, 1.165) is 0 Å². The number of carbonyl (C=O) groups excluding carboxylic acids is 5. The summed E-state index contributed by atoms with van der Waals surface area (Å²) in [7, 11) is 0. The van der Waals surface area contributed by atoms with Crippen molar-refractivity contribution in [2.45, 2.75) is 97.9 Å². The highest BCUT2D eigenvalue weighted by molar-refractivity contribution is 6.05. The molecule has 10 heteroatoms. The van der Waals surface area contributed by atoms with Gasteiger partial charge in [0.25, 0.3) is 0 Å². The number of esters is 4. The molecule has 4 bridgehead atoms. The molecule has 0 aromatic heterocycles. The SMILES string of the molecule is C=C1C(=O)[C@@]23[C@@H]4C[C@@H]5C(C)(C)CC[C@@H](OC(C)=O)[C@@]5([C@H](OC(C)=O)O4)[C@@H]2[C@@H](OC(C)=O)C[C@@H]1[C@H]3OC(C)=O. The first-order valence-corrected chi connectivity index (χ1v) is 13.3. The second-order valence-electron chi connectivity index (χ2n) is 12.3. The summed E-state index contributed by atoms with van der Waals surface area (Å²) < 4.78 is 30.2. The van der Waals surface area contributed by atoms with Crippen molar-refractivity contribution in [1.29, 1.82) is 0 Å². The van der Waals surface area contributed by atoms with Gasteiger partial charge >= 0.3 is 23.9 Å². The Labute approximate surface area is 221 Å². The molecule has 10 atom stereocenters. The first kappa shape index (κ1) is 26.8. The molecule has 0 N–H and O–H groups in total. The third-order valence-electron chi connectivity index (χ3n) is 9.91.